The second-order valence-corrected chi connectivity index (χ2v) is 5.51. The average molecular weight is 298 g/mol. The lowest BCUT2D eigenvalue weighted by Gasteiger charge is -2.11. The SMILES string of the molecule is CC(NC(=O)c1sccc1-c1ccccc1)c1ncn[nH]1. The molecule has 2 N–H and O–H groups in total. The van der Waals surface area contributed by atoms with Gasteiger partial charge in [-0.25, -0.2) is 4.98 Å². The van der Waals surface area contributed by atoms with E-state index in [-0.39, 0.29) is 11.9 Å². The van der Waals surface area contributed by atoms with Gasteiger partial charge in [-0.3, -0.25) is 9.89 Å². The van der Waals surface area contributed by atoms with Crippen molar-refractivity contribution >= 4 is 17.2 Å². The van der Waals surface area contributed by atoms with E-state index in [1.165, 1.54) is 17.7 Å². The van der Waals surface area contributed by atoms with E-state index >= 15 is 0 Å². The number of hydrogen-bond donors (Lipinski definition) is 2. The molecule has 0 fully saturated rings. The van der Waals surface area contributed by atoms with Crippen LogP contribution in [0, 0.1) is 0 Å². The first-order chi connectivity index (χ1) is 10.3. The van der Waals surface area contributed by atoms with E-state index in [0.717, 1.165) is 11.1 Å². The molecular weight excluding hydrogens is 284 g/mol. The Morgan fingerprint density at radius 3 is 2.81 bits per heavy atom. The van der Waals surface area contributed by atoms with Crippen LogP contribution in [-0.2, 0) is 0 Å². The molecule has 0 radical (unpaired) electrons. The Labute approximate surface area is 126 Å². The first-order valence-electron chi connectivity index (χ1n) is 6.54. The third-order valence-corrected chi connectivity index (χ3v) is 4.06. The molecule has 0 saturated heterocycles. The molecule has 0 aliphatic heterocycles. The second kappa shape index (κ2) is 5.88. The third-order valence-electron chi connectivity index (χ3n) is 3.15. The summed E-state index contributed by atoms with van der Waals surface area (Å²) in [5, 5.41) is 11.4. The third kappa shape index (κ3) is 2.85. The van der Waals surface area contributed by atoms with E-state index < -0.39 is 0 Å². The lowest BCUT2D eigenvalue weighted by Crippen LogP contribution is -2.27. The van der Waals surface area contributed by atoms with Gasteiger partial charge in [-0.15, -0.1) is 11.3 Å². The van der Waals surface area contributed by atoms with Gasteiger partial charge in [-0.05, 0) is 23.9 Å². The Morgan fingerprint density at radius 1 is 1.29 bits per heavy atom. The average Bonchev–Trinajstić information content (AvgIpc) is 3.19. The standard InChI is InChI=1S/C15H14N4OS/c1-10(14-16-9-17-19-14)18-15(20)13-12(7-8-21-13)11-5-3-2-4-6-11/h2-10H,1H3,(H,18,20)(H,16,17,19). The number of amides is 1. The van der Waals surface area contributed by atoms with E-state index in [4.69, 9.17) is 0 Å². The van der Waals surface area contributed by atoms with E-state index in [0.29, 0.717) is 10.7 Å². The highest BCUT2D eigenvalue weighted by atomic mass is 32.1. The number of aromatic nitrogens is 3. The molecule has 3 rings (SSSR count). The zero-order valence-corrected chi connectivity index (χ0v) is 12.2. The molecule has 0 spiro atoms. The molecule has 5 nitrogen and oxygen atoms in total. The Bertz CT molecular complexity index is 721. The largest absolute Gasteiger partial charge is 0.342 e. The van der Waals surface area contributed by atoms with Crippen molar-refractivity contribution in [2.75, 3.05) is 0 Å². The molecule has 2 heterocycles. The van der Waals surface area contributed by atoms with E-state index in [9.17, 15) is 4.79 Å². The minimum atomic E-state index is -0.217. The highest BCUT2D eigenvalue weighted by Crippen LogP contribution is 2.28. The summed E-state index contributed by atoms with van der Waals surface area (Å²) in [6.45, 7) is 1.87. The van der Waals surface area contributed by atoms with Crippen molar-refractivity contribution in [2.24, 2.45) is 0 Å². The topological polar surface area (TPSA) is 70.7 Å². The summed E-state index contributed by atoms with van der Waals surface area (Å²) < 4.78 is 0. The van der Waals surface area contributed by atoms with Crippen LogP contribution in [0.4, 0.5) is 0 Å². The zero-order valence-electron chi connectivity index (χ0n) is 11.4. The Kier molecular flexibility index (Phi) is 3.79. The number of nitrogens with one attached hydrogen (secondary N) is 2. The van der Waals surface area contributed by atoms with Gasteiger partial charge in [0.15, 0.2) is 0 Å². The predicted octanol–water partition coefficient (Wildman–Crippen LogP) is 3.02. The maximum Gasteiger partial charge on any atom is 0.262 e. The molecule has 2 aromatic heterocycles. The minimum Gasteiger partial charge on any atom is -0.342 e. The van der Waals surface area contributed by atoms with Gasteiger partial charge in [-0.1, -0.05) is 30.3 Å². The molecule has 1 aromatic carbocycles. The van der Waals surface area contributed by atoms with Crippen molar-refractivity contribution in [2.45, 2.75) is 13.0 Å². The number of benzene rings is 1. The van der Waals surface area contributed by atoms with E-state index in [2.05, 4.69) is 20.5 Å². The van der Waals surface area contributed by atoms with Gasteiger partial charge in [0.2, 0.25) is 0 Å². The quantitative estimate of drug-likeness (QED) is 0.777. The van der Waals surface area contributed by atoms with Gasteiger partial charge < -0.3 is 5.32 Å². The molecule has 6 heteroatoms. The van der Waals surface area contributed by atoms with Crippen molar-refractivity contribution in [3.05, 3.63) is 58.8 Å². The number of thiophene rings is 1. The van der Waals surface area contributed by atoms with Gasteiger partial charge in [0.05, 0.1) is 10.9 Å². The van der Waals surface area contributed by atoms with Crippen LogP contribution in [0.5, 0.6) is 0 Å². The van der Waals surface area contributed by atoms with Crippen molar-refractivity contribution in [1.29, 1.82) is 0 Å². The van der Waals surface area contributed by atoms with Gasteiger partial charge in [-0.2, -0.15) is 5.10 Å². The van der Waals surface area contributed by atoms with E-state index in [1.54, 1.807) is 0 Å². The summed E-state index contributed by atoms with van der Waals surface area (Å²) in [7, 11) is 0. The molecule has 0 saturated carbocycles. The Morgan fingerprint density at radius 2 is 2.10 bits per heavy atom. The number of carbonyl (C=O) groups is 1. The number of rotatable bonds is 4. The fraction of sp³-hybridized carbons (Fsp3) is 0.133. The van der Waals surface area contributed by atoms with Gasteiger partial charge in [0.25, 0.3) is 5.91 Å². The molecule has 3 aromatic rings. The summed E-state index contributed by atoms with van der Waals surface area (Å²) in [5.41, 5.74) is 1.99. The van der Waals surface area contributed by atoms with Crippen LogP contribution in [0.1, 0.15) is 28.5 Å². The van der Waals surface area contributed by atoms with Crippen LogP contribution in [0.25, 0.3) is 11.1 Å². The number of H-pyrrole nitrogens is 1. The molecule has 1 amide bonds. The van der Waals surface area contributed by atoms with Crippen LogP contribution in [-0.4, -0.2) is 21.1 Å². The van der Waals surface area contributed by atoms with Gasteiger partial charge in [0, 0.05) is 5.56 Å². The van der Waals surface area contributed by atoms with Crippen LogP contribution >= 0.6 is 11.3 Å². The first-order valence-corrected chi connectivity index (χ1v) is 7.42. The summed E-state index contributed by atoms with van der Waals surface area (Å²) in [6.07, 6.45) is 1.43. The summed E-state index contributed by atoms with van der Waals surface area (Å²) in [5.74, 6) is 0.536. The van der Waals surface area contributed by atoms with Gasteiger partial charge >= 0.3 is 0 Å². The molecule has 0 bridgehead atoms. The Balaban J connectivity index is 1.82. The predicted molar refractivity (Wildman–Crippen MR) is 82.0 cm³/mol. The van der Waals surface area contributed by atoms with Crippen molar-refractivity contribution < 1.29 is 4.79 Å². The fourth-order valence-corrected chi connectivity index (χ4v) is 2.90. The zero-order chi connectivity index (χ0) is 14.7. The van der Waals surface area contributed by atoms with Crippen molar-refractivity contribution in [3.63, 3.8) is 0 Å². The van der Waals surface area contributed by atoms with Crippen LogP contribution in [0.15, 0.2) is 48.1 Å². The molecule has 1 atom stereocenters. The summed E-state index contributed by atoms with van der Waals surface area (Å²) in [6, 6.07) is 11.6. The first kappa shape index (κ1) is 13.5. The molecule has 0 aliphatic rings. The molecule has 1 unspecified atom stereocenters. The lowest BCUT2D eigenvalue weighted by molar-refractivity contribution is 0.0943. The number of aromatic amines is 1. The van der Waals surface area contributed by atoms with Crippen LogP contribution < -0.4 is 5.32 Å². The molecule has 21 heavy (non-hydrogen) atoms. The maximum atomic E-state index is 12.4. The highest BCUT2D eigenvalue weighted by molar-refractivity contribution is 7.12. The fourth-order valence-electron chi connectivity index (χ4n) is 2.08. The van der Waals surface area contributed by atoms with Crippen LogP contribution in [0.2, 0.25) is 0 Å². The summed E-state index contributed by atoms with van der Waals surface area (Å²) >= 11 is 1.43. The maximum absolute atomic E-state index is 12.4. The second-order valence-electron chi connectivity index (χ2n) is 4.60. The van der Waals surface area contributed by atoms with E-state index in [1.807, 2.05) is 48.7 Å². The number of nitrogens with zero attached hydrogens (tertiary/aromatic N) is 2. The normalized spacial score (nSPS) is 12.0. The lowest BCUT2D eigenvalue weighted by atomic mass is 10.1. The van der Waals surface area contributed by atoms with Crippen molar-refractivity contribution in [1.82, 2.24) is 20.5 Å². The smallest absolute Gasteiger partial charge is 0.262 e. The molecule has 106 valence electrons. The monoisotopic (exact) mass is 298 g/mol. The summed E-state index contributed by atoms with van der Waals surface area (Å²) in [4.78, 5) is 17.2. The Hall–Kier alpha value is -2.47. The number of hydrogen-bond acceptors (Lipinski definition) is 4. The van der Waals surface area contributed by atoms with Crippen molar-refractivity contribution in [3.8, 4) is 11.1 Å². The molecule has 0 aliphatic carbocycles. The number of carbonyl (C=O) groups excluding carboxylic acids is 1. The van der Waals surface area contributed by atoms with Crippen LogP contribution in [0.3, 0.4) is 0 Å². The minimum absolute atomic E-state index is 0.104. The highest BCUT2D eigenvalue weighted by Gasteiger charge is 2.18. The van der Waals surface area contributed by atoms with Gasteiger partial charge in [0.1, 0.15) is 12.2 Å². The molecular formula is C15H14N4OS.